The summed E-state index contributed by atoms with van der Waals surface area (Å²) in [5, 5.41) is 32.0. The number of nitrogens with one attached hydrogen (secondary N) is 1. The van der Waals surface area contributed by atoms with Gasteiger partial charge in [0.1, 0.15) is 18.8 Å². The van der Waals surface area contributed by atoms with Crippen molar-refractivity contribution in [2.24, 2.45) is 0 Å². The fourth-order valence-corrected chi connectivity index (χ4v) is 3.88. The average molecular weight is 420 g/mol. The van der Waals surface area contributed by atoms with E-state index in [-0.39, 0.29) is 25.7 Å². The molecule has 2 unspecified atom stereocenters. The Balaban J connectivity index is 1.32. The highest BCUT2D eigenvalue weighted by molar-refractivity contribution is 5.79. The third kappa shape index (κ3) is 4.44. The predicted molar refractivity (Wildman–Crippen MR) is 114 cm³/mol. The molecule has 0 fully saturated rings. The monoisotopic (exact) mass is 420 g/mol. The average Bonchev–Trinajstić information content (AvgIpc) is 3.14. The standard InChI is InChI=1S/C24H24N2O5/c27-13-16-10-9-15(11-25-16)23(29)22(28)12-26-24(30)31-14-21-19-7-3-1-5-17(19)18-6-2-4-8-20(18)21/h1-11,21-23,27-29H,12-14H2,(H,26,30). The summed E-state index contributed by atoms with van der Waals surface area (Å²) in [5.41, 5.74) is 5.37. The first-order valence-electron chi connectivity index (χ1n) is 10.1. The van der Waals surface area contributed by atoms with Crippen molar-refractivity contribution >= 4 is 6.09 Å². The zero-order chi connectivity index (χ0) is 21.8. The molecular weight excluding hydrogens is 396 g/mol. The van der Waals surface area contributed by atoms with Gasteiger partial charge in [0.25, 0.3) is 0 Å². The molecule has 1 amide bonds. The molecule has 0 bridgehead atoms. The molecule has 31 heavy (non-hydrogen) atoms. The second-order valence-corrected chi connectivity index (χ2v) is 7.46. The summed E-state index contributed by atoms with van der Waals surface area (Å²) in [6.07, 6.45) is -1.74. The highest BCUT2D eigenvalue weighted by atomic mass is 16.5. The Hall–Kier alpha value is -3.26. The lowest BCUT2D eigenvalue weighted by atomic mass is 9.98. The van der Waals surface area contributed by atoms with Gasteiger partial charge >= 0.3 is 6.09 Å². The Labute approximate surface area is 180 Å². The minimum atomic E-state index is -1.23. The van der Waals surface area contributed by atoms with Crippen molar-refractivity contribution in [3.63, 3.8) is 0 Å². The predicted octanol–water partition coefficient (Wildman–Crippen LogP) is 2.51. The van der Waals surface area contributed by atoms with Gasteiger partial charge < -0.3 is 25.4 Å². The number of alkyl carbamates (subject to hydrolysis) is 1. The summed E-state index contributed by atoms with van der Waals surface area (Å²) in [7, 11) is 0. The molecule has 0 aliphatic heterocycles. The van der Waals surface area contributed by atoms with E-state index in [1.54, 1.807) is 12.1 Å². The fraction of sp³-hybridized carbons (Fsp3) is 0.250. The maximum absolute atomic E-state index is 12.2. The van der Waals surface area contributed by atoms with Crippen molar-refractivity contribution in [2.75, 3.05) is 13.2 Å². The molecule has 1 aromatic heterocycles. The van der Waals surface area contributed by atoms with Crippen LogP contribution in [0.1, 0.15) is 34.4 Å². The number of aromatic nitrogens is 1. The third-order valence-corrected chi connectivity index (χ3v) is 5.51. The van der Waals surface area contributed by atoms with Gasteiger partial charge in [-0.2, -0.15) is 0 Å². The summed E-state index contributed by atoms with van der Waals surface area (Å²) in [4.78, 5) is 16.2. The number of pyridine rings is 1. The molecule has 1 heterocycles. The van der Waals surface area contributed by atoms with Crippen molar-refractivity contribution in [3.05, 3.63) is 89.2 Å². The van der Waals surface area contributed by atoms with Crippen LogP contribution >= 0.6 is 0 Å². The first-order chi connectivity index (χ1) is 15.1. The number of nitrogens with zero attached hydrogens (tertiary/aromatic N) is 1. The Morgan fingerprint density at radius 2 is 1.65 bits per heavy atom. The molecule has 4 rings (SSSR count). The van der Waals surface area contributed by atoms with Crippen LogP contribution in [0.2, 0.25) is 0 Å². The smallest absolute Gasteiger partial charge is 0.407 e. The first kappa shape index (κ1) is 21.0. The molecule has 0 spiro atoms. The van der Waals surface area contributed by atoms with Gasteiger partial charge in [-0.1, -0.05) is 54.6 Å². The molecule has 4 N–H and O–H groups in total. The molecular formula is C24H24N2O5. The minimum absolute atomic E-state index is 0.0511. The largest absolute Gasteiger partial charge is 0.449 e. The van der Waals surface area contributed by atoms with E-state index in [0.29, 0.717) is 11.3 Å². The number of fused-ring (bicyclic) bond motifs is 3. The van der Waals surface area contributed by atoms with Crippen LogP contribution in [0.25, 0.3) is 11.1 Å². The number of aliphatic hydroxyl groups is 3. The molecule has 7 heteroatoms. The van der Waals surface area contributed by atoms with E-state index in [1.807, 2.05) is 36.4 Å². The second-order valence-electron chi connectivity index (χ2n) is 7.46. The van der Waals surface area contributed by atoms with Gasteiger partial charge in [-0.05, 0) is 28.3 Å². The van der Waals surface area contributed by atoms with Crippen LogP contribution in [0, 0.1) is 0 Å². The number of carbonyl (C=O) groups is 1. The van der Waals surface area contributed by atoms with E-state index >= 15 is 0 Å². The molecule has 2 aromatic carbocycles. The Morgan fingerprint density at radius 1 is 1.00 bits per heavy atom. The number of ether oxygens (including phenoxy) is 1. The number of carbonyl (C=O) groups excluding carboxylic acids is 1. The second kappa shape index (κ2) is 9.26. The first-order valence-corrected chi connectivity index (χ1v) is 10.1. The summed E-state index contributed by atoms with van der Waals surface area (Å²) in [6, 6.07) is 19.3. The molecule has 2 atom stereocenters. The number of hydrogen-bond donors (Lipinski definition) is 4. The zero-order valence-electron chi connectivity index (χ0n) is 16.8. The van der Waals surface area contributed by atoms with E-state index in [2.05, 4.69) is 22.4 Å². The van der Waals surface area contributed by atoms with Gasteiger partial charge in [0, 0.05) is 24.2 Å². The quantitative estimate of drug-likeness (QED) is 0.467. The molecule has 0 saturated heterocycles. The van der Waals surface area contributed by atoms with Gasteiger partial charge in [0.15, 0.2) is 0 Å². The molecule has 1 aliphatic carbocycles. The lowest BCUT2D eigenvalue weighted by Crippen LogP contribution is -2.36. The lowest BCUT2D eigenvalue weighted by molar-refractivity contribution is 0.0183. The maximum Gasteiger partial charge on any atom is 0.407 e. The van der Waals surface area contributed by atoms with E-state index in [0.717, 1.165) is 22.3 Å². The fourth-order valence-electron chi connectivity index (χ4n) is 3.88. The van der Waals surface area contributed by atoms with E-state index in [1.165, 1.54) is 6.20 Å². The van der Waals surface area contributed by atoms with Crippen LogP contribution in [-0.4, -0.2) is 45.7 Å². The summed E-state index contributed by atoms with van der Waals surface area (Å²) >= 11 is 0. The van der Waals surface area contributed by atoms with Gasteiger partial charge in [-0.3, -0.25) is 4.98 Å². The molecule has 160 valence electrons. The van der Waals surface area contributed by atoms with Crippen LogP contribution in [0.3, 0.4) is 0 Å². The van der Waals surface area contributed by atoms with Crippen molar-refractivity contribution in [3.8, 4) is 11.1 Å². The minimum Gasteiger partial charge on any atom is -0.449 e. The molecule has 0 saturated carbocycles. The molecule has 3 aromatic rings. The van der Waals surface area contributed by atoms with Crippen LogP contribution in [-0.2, 0) is 11.3 Å². The van der Waals surface area contributed by atoms with E-state index in [4.69, 9.17) is 9.84 Å². The highest BCUT2D eigenvalue weighted by Crippen LogP contribution is 2.44. The summed E-state index contributed by atoms with van der Waals surface area (Å²) < 4.78 is 5.42. The normalized spacial score (nSPS) is 14.4. The molecule has 1 aliphatic rings. The summed E-state index contributed by atoms with van der Waals surface area (Å²) in [6.45, 7) is -0.215. The number of benzene rings is 2. The van der Waals surface area contributed by atoms with Crippen LogP contribution in [0.5, 0.6) is 0 Å². The van der Waals surface area contributed by atoms with Crippen molar-refractivity contribution in [1.82, 2.24) is 10.3 Å². The number of hydrogen-bond acceptors (Lipinski definition) is 6. The SMILES string of the molecule is O=C(NCC(O)C(O)c1ccc(CO)nc1)OCC1c2ccccc2-c2ccccc21. The van der Waals surface area contributed by atoms with E-state index in [9.17, 15) is 15.0 Å². The van der Waals surface area contributed by atoms with Crippen molar-refractivity contribution < 1.29 is 24.9 Å². The van der Waals surface area contributed by atoms with Gasteiger partial charge in [-0.15, -0.1) is 0 Å². The Kier molecular flexibility index (Phi) is 6.27. The van der Waals surface area contributed by atoms with Crippen molar-refractivity contribution in [1.29, 1.82) is 0 Å². The third-order valence-electron chi connectivity index (χ3n) is 5.51. The van der Waals surface area contributed by atoms with E-state index < -0.39 is 18.3 Å². The van der Waals surface area contributed by atoms with Gasteiger partial charge in [0.2, 0.25) is 0 Å². The zero-order valence-corrected chi connectivity index (χ0v) is 16.8. The van der Waals surface area contributed by atoms with Crippen LogP contribution in [0.15, 0.2) is 66.9 Å². The van der Waals surface area contributed by atoms with Crippen LogP contribution in [0.4, 0.5) is 4.79 Å². The van der Waals surface area contributed by atoms with Gasteiger partial charge in [0.05, 0.1) is 12.3 Å². The Morgan fingerprint density at radius 3 is 2.23 bits per heavy atom. The number of rotatable bonds is 7. The highest BCUT2D eigenvalue weighted by Gasteiger charge is 2.29. The number of amides is 1. The molecule has 7 nitrogen and oxygen atoms in total. The summed E-state index contributed by atoms with van der Waals surface area (Å²) in [5.74, 6) is -0.0511. The molecule has 0 radical (unpaired) electrons. The van der Waals surface area contributed by atoms with Crippen molar-refractivity contribution in [2.45, 2.75) is 24.7 Å². The maximum atomic E-state index is 12.2. The topological polar surface area (TPSA) is 112 Å². The van der Waals surface area contributed by atoms with Gasteiger partial charge in [-0.25, -0.2) is 4.79 Å². The lowest BCUT2D eigenvalue weighted by Gasteiger charge is -2.19. The van der Waals surface area contributed by atoms with Crippen LogP contribution < -0.4 is 5.32 Å². The Bertz CT molecular complexity index is 1010. The number of aliphatic hydroxyl groups excluding tert-OH is 3.